The Bertz CT molecular complexity index is 1240. The third kappa shape index (κ3) is 5.12. The molecule has 0 fully saturated rings. The Morgan fingerprint density at radius 3 is 2.47 bits per heavy atom. The molecule has 0 saturated heterocycles. The van der Waals surface area contributed by atoms with E-state index in [-0.39, 0.29) is 29.9 Å². The summed E-state index contributed by atoms with van der Waals surface area (Å²) in [5.74, 6) is -1.06. The summed E-state index contributed by atoms with van der Waals surface area (Å²) in [4.78, 5) is 40.0. The largest absolute Gasteiger partial charge is 0.480 e. The van der Waals surface area contributed by atoms with E-state index < -0.39 is 18.1 Å². The Kier molecular flexibility index (Phi) is 7.29. The number of rotatable bonds is 8. The van der Waals surface area contributed by atoms with E-state index in [1.807, 2.05) is 47.8 Å². The van der Waals surface area contributed by atoms with Crippen LogP contribution < -0.4 is 5.32 Å². The molecule has 1 aliphatic heterocycles. The van der Waals surface area contributed by atoms with E-state index in [9.17, 15) is 19.5 Å². The number of alkyl carbamates (subject to hydrolysis) is 1. The first-order valence-corrected chi connectivity index (χ1v) is 13.8. The Labute approximate surface area is 217 Å². The Balaban J connectivity index is 1.12. The van der Waals surface area contributed by atoms with Crippen LogP contribution in [0, 0.1) is 0 Å². The fraction of sp³-hybridized carbons (Fsp3) is 0.296. The van der Waals surface area contributed by atoms with Crippen LogP contribution in [0.15, 0.2) is 60.0 Å². The maximum Gasteiger partial charge on any atom is 0.407 e. The lowest BCUT2D eigenvalue weighted by molar-refractivity contribution is -0.138. The molecule has 0 spiro atoms. The van der Waals surface area contributed by atoms with E-state index in [1.54, 1.807) is 16.2 Å². The molecule has 1 aliphatic carbocycles. The predicted octanol–water partition coefficient (Wildman–Crippen LogP) is 4.36. The summed E-state index contributed by atoms with van der Waals surface area (Å²) in [6.07, 6.45) is 0.0713. The summed E-state index contributed by atoms with van der Waals surface area (Å²) >= 11 is 2.92. The minimum atomic E-state index is -1.16. The van der Waals surface area contributed by atoms with Gasteiger partial charge in [-0.25, -0.2) is 9.59 Å². The number of carbonyl (C=O) groups excluding carboxylic acids is 2. The smallest absolute Gasteiger partial charge is 0.407 e. The lowest BCUT2D eigenvalue weighted by Gasteiger charge is -2.27. The zero-order valence-corrected chi connectivity index (χ0v) is 21.1. The van der Waals surface area contributed by atoms with Crippen molar-refractivity contribution in [3.8, 4) is 11.1 Å². The Morgan fingerprint density at radius 2 is 1.78 bits per heavy atom. The normalized spacial score (nSPS) is 14.9. The van der Waals surface area contributed by atoms with Crippen LogP contribution in [0.4, 0.5) is 4.79 Å². The zero-order chi connectivity index (χ0) is 25.1. The number of hydrogen-bond donors (Lipinski definition) is 2. The number of carboxylic acid groups (broad SMARTS) is 1. The van der Waals surface area contributed by atoms with Crippen molar-refractivity contribution in [3.05, 3.63) is 81.5 Å². The van der Waals surface area contributed by atoms with E-state index in [0.717, 1.165) is 28.7 Å². The predicted molar refractivity (Wildman–Crippen MR) is 140 cm³/mol. The Morgan fingerprint density at radius 1 is 1.08 bits per heavy atom. The molecule has 2 N–H and O–H groups in total. The molecule has 2 aliphatic rings. The van der Waals surface area contributed by atoms with Crippen molar-refractivity contribution in [3.63, 3.8) is 0 Å². The maximum atomic E-state index is 12.6. The molecule has 2 aromatic carbocycles. The van der Waals surface area contributed by atoms with Crippen LogP contribution >= 0.6 is 23.1 Å². The van der Waals surface area contributed by atoms with Gasteiger partial charge in [0.1, 0.15) is 12.6 Å². The number of aliphatic carboxylic acids is 1. The highest BCUT2D eigenvalue weighted by Crippen LogP contribution is 2.44. The van der Waals surface area contributed by atoms with E-state index in [2.05, 4.69) is 17.4 Å². The number of benzene rings is 2. The molecule has 7 nitrogen and oxygen atoms in total. The Hall–Kier alpha value is -3.30. The third-order valence-corrected chi connectivity index (χ3v) is 8.65. The van der Waals surface area contributed by atoms with Crippen LogP contribution in [-0.4, -0.2) is 58.7 Å². The molecule has 0 radical (unpaired) electrons. The zero-order valence-electron chi connectivity index (χ0n) is 19.5. The van der Waals surface area contributed by atoms with Gasteiger partial charge in [0.25, 0.3) is 0 Å². The van der Waals surface area contributed by atoms with E-state index in [1.165, 1.54) is 22.2 Å². The number of thioether (sulfide) groups is 1. The average molecular weight is 523 g/mol. The van der Waals surface area contributed by atoms with Crippen LogP contribution in [-0.2, 0) is 27.3 Å². The van der Waals surface area contributed by atoms with Crippen LogP contribution in [0.25, 0.3) is 11.1 Å². The number of carboxylic acids is 1. The topological polar surface area (TPSA) is 95.9 Å². The van der Waals surface area contributed by atoms with E-state index in [4.69, 9.17) is 4.74 Å². The van der Waals surface area contributed by atoms with Crippen molar-refractivity contribution < 1.29 is 24.2 Å². The second-order valence-corrected chi connectivity index (χ2v) is 10.8. The molecule has 0 bridgehead atoms. The van der Waals surface area contributed by atoms with Crippen LogP contribution in [0.1, 0.15) is 27.5 Å². The standard InChI is InChI=1S/C27H26N2O5S2/c30-25(29-11-9-24-17(13-29)10-12-36-24)16-35-15-23(26(31)32)28-27(33)34-14-22-20-7-3-1-5-18(20)19-6-2-4-8-21(19)22/h1-8,10,12,22-23H,9,11,13-16H2,(H,28,33)(H,31,32). The molecule has 186 valence electrons. The van der Waals surface area contributed by atoms with Gasteiger partial charge in [-0.2, -0.15) is 0 Å². The highest BCUT2D eigenvalue weighted by atomic mass is 32.2. The average Bonchev–Trinajstić information content (AvgIpc) is 3.49. The molecular formula is C27H26N2O5S2. The summed E-state index contributed by atoms with van der Waals surface area (Å²) < 4.78 is 5.47. The fourth-order valence-electron chi connectivity index (χ4n) is 4.77. The maximum absolute atomic E-state index is 12.6. The van der Waals surface area contributed by atoms with Gasteiger partial charge >= 0.3 is 12.1 Å². The van der Waals surface area contributed by atoms with Crippen molar-refractivity contribution >= 4 is 41.1 Å². The summed E-state index contributed by atoms with van der Waals surface area (Å²) in [7, 11) is 0. The number of nitrogens with one attached hydrogen (secondary N) is 1. The van der Waals surface area contributed by atoms with Gasteiger partial charge in [-0.15, -0.1) is 23.1 Å². The SMILES string of the molecule is O=C(NC(CSCC(=O)N1CCc2sccc2C1)C(=O)O)OCC1c2ccccc2-c2ccccc21. The van der Waals surface area contributed by atoms with Gasteiger partial charge in [0.05, 0.1) is 5.75 Å². The molecule has 36 heavy (non-hydrogen) atoms. The second-order valence-electron chi connectivity index (χ2n) is 8.81. The monoisotopic (exact) mass is 522 g/mol. The third-order valence-electron chi connectivity index (χ3n) is 6.60. The van der Waals surface area contributed by atoms with Crippen molar-refractivity contribution in [1.29, 1.82) is 0 Å². The van der Waals surface area contributed by atoms with Crippen molar-refractivity contribution in [1.82, 2.24) is 10.2 Å². The molecule has 2 amide bonds. The van der Waals surface area contributed by atoms with Crippen molar-refractivity contribution in [2.75, 3.05) is 24.7 Å². The van der Waals surface area contributed by atoms with Crippen LogP contribution in [0.3, 0.4) is 0 Å². The van der Waals surface area contributed by atoms with Gasteiger partial charge in [-0.1, -0.05) is 48.5 Å². The van der Waals surface area contributed by atoms with Gasteiger partial charge in [0, 0.05) is 29.6 Å². The molecule has 0 saturated carbocycles. The molecule has 1 unspecified atom stereocenters. The number of nitrogens with zero attached hydrogens (tertiary/aromatic N) is 1. The molecule has 3 aromatic rings. The van der Waals surface area contributed by atoms with Crippen molar-refractivity contribution in [2.24, 2.45) is 0 Å². The van der Waals surface area contributed by atoms with Gasteiger partial charge < -0.3 is 20.1 Å². The van der Waals surface area contributed by atoms with Gasteiger partial charge in [-0.3, -0.25) is 4.79 Å². The highest BCUT2D eigenvalue weighted by Gasteiger charge is 2.30. The van der Waals surface area contributed by atoms with Crippen molar-refractivity contribution in [2.45, 2.75) is 24.9 Å². The number of ether oxygens (including phenoxy) is 1. The molecule has 1 aromatic heterocycles. The second kappa shape index (κ2) is 10.8. The molecule has 5 rings (SSSR count). The minimum absolute atomic E-state index is 0.0258. The number of carbonyl (C=O) groups is 3. The fourth-order valence-corrected chi connectivity index (χ4v) is 6.60. The van der Waals surface area contributed by atoms with Gasteiger partial charge in [-0.05, 0) is 45.7 Å². The van der Waals surface area contributed by atoms with E-state index >= 15 is 0 Å². The molecule has 2 heterocycles. The van der Waals surface area contributed by atoms with Gasteiger partial charge in [0.15, 0.2) is 0 Å². The van der Waals surface area contributed by atoms with E-state index in [0.29, 0.717) is 13.1 Å². The summed E-state index contributed by atoms with van der Waals surface area (Å²) in [5.41, 5.74) is 5.60. The minimum Gasteiger partial charge on any atom is -0.480 e. The summed E-state index contributed by atoms with van der Waals surface area (Å²) in [6.45, 7) is 1.38. The van der Waals surface area contributed by atoms with Gasteiger partial charge in [0.2, 0.25) is 5.91 Å². The molecule has 9 heteroatoms. The quantitative estimate of drug-likeness (QED) is 0.457. The molecule has 1 atom stereocenters. The highest BCUT2D eigenvalue weighted by molar-refractivity contribution is 8.00. The van der Waals surface area contributed by atoms with Crippen LogP contribution in [0.2, 0.25) is 0 Å². The number of amides is 2. The number of fused-ring (bicyclic) bond motifs is 4. The summed E-state index contributed by atoms with van der Waals surface area (Å²) in [5, 5.41) is 14.1. The number of thiophene rings is 1. The summed E-state index contributed by atoms with van der Waals surface area (Å²) in [6, 6.07) is 16.9. The lowest BCUT2D eigenvalue weighted by atomic mass is 9.98. The number of hydrogen-bond acceptors (Lipinski definition) is 6. The van der Waals surface area contributed by atoms with Crippen LogP contribution in [0.5, 0.6) is 0 Å². The lowest BCUT2D eigenvalue weighted by Crippen LogP contribution is -2.43. The molecular weight excluding hydrogens is 496 g/mol. The first kappa shape index (κ1) is 24.4. The first-order chi connectivity index (χ1) is 17.5. The first-order valence-electron chi connectivity index (χ1n) is 11.8.